The van der Waals surface area contributed by atoms with Gasteiger partial charge in [0.1, 0.15) is 0 Å². The maximum absolute atomic E-state index is 12.5. The van der Waals surface area contributed by atoms with Crippen molar-refractivity contribution in [2.45, 2.75) is 33.1 Å². The number of benzene rings is 1. The van der Waals surface area contributed by atoms with E-state index in [1.807, 2.05) is 11.8 Å². The van der Waals surface area contributed by atoms with Crippen LogP contribution in [0.5, 0.6) is 0 Å². The van der Waals surface area contributed by atoms with Gasteiger partial charge in [0.15, 0.2) is 0 Å². The molecule has 0 spiro atoms. The van der Waals surface area contributed by atoms with Crippen LogP contribution in [0.3, 0.4) is 0 Å². The number of carbonyl (C=O) groups excluding carboxylic acids is 2. The van der Waals surface area contributed by atoms with E-state index < -0.39 is 0 Å². The van der Waals surface area contributed by atoms with E-state index in [1.54, 1.807) is 4.90 Å². The Kier molecular flexibility index (Phi) is 5.64. The predicted molar refractivity (Wildman–Crippen MR) is 89.5 cm³/mol. The monoisotopic (exact) mass is 318 g/mol. The van der Waals surface area contributed by atoms with Gasteiger partial charge in [0.25, 0.3) is 0 Å². The van der Waals surface area contributed by atoms with Crippen LogP contribution in [0.2, 0.25) is 0 Å². The molecule has 1 aromatic carbocycles. The SMILES string of the molecule is COC(=O)N1CCN(C(=O)Cc2cc(C(C)C)ccc2C)CC1. The van der Waals surface area contributed by atoms with Crippen LogP contribution >= 0.6 is 0 Å². The minimum absolute atomic E-state index is 0.124. The van der Waals surface area contributed by atoms with Crippen molar-refractivity contribution in [2.24, 2.45) is 0 Å². The van der Waals surface area contributed by atoms with E-state index in [0.29, 0.717) is 38.5 Å². The highest BCUT2D eigenvalue weighted by Gasteiger charge is 2.24. The second-order valence-corrected chi connectivity index (χ2v) is 6.36. The summed E-state index contributed by atoms with van der Waals surface area (Å²) in [7, 11) is 1.38. The number of hydrogen-bond donors (Lipinski definition) is 0. The van der Waals surface area contributed by atoms with Gasteiger partial charge < -0.3 is 14.5 Å². The third kappa shape index (κ3) is 4.24. The quantitative estimate of drug-likeness (QED) is 0.860. The van der Waals surface area contributed by atoms with Gasteiger partial charge in [0.2, 0.25) is 5.91 Å². The van der Waals surface area contributed by atoms with Crippen LogP contribution < -0.4 is 0 Å². The zero-order chi connectivity index (χ0) is 17.0. The van der Waals surface area contributed by atoms with Gasteiger partial charge >= 0.3 is 6.09 Å². The predicted octanol–water partition coefficient (Wildman–Crippen LogP) is 2.57. The van der Waals surface area contributed by atoms with E-state index >= 15 is 0 Å². The third-order valence-corrected chi connectivity index (χ3v) is 4.45. The molecule has 0 saturated carbocycles. The Morgan fingerprint density at radius 1 is 1.13 bits per heavy atom. The molecular weight excluding hydrogens is 292 g/mol. The van der Waals surface area contributed by atoms with Crippen LogP contribution in [0.4, 0.5) is 4.79 Å². The highest BCUT2D eigenvalue weighted by molar-refractivity contribution is 5.79. The molecule has 1 aromatic rings. The summed E-state index contributed by atoms with van der Waals surface area (Å²) in [6, 6.07) is 6.36. The summed E-state index contributed by atoms with van der Waals surface area (Å²) < 4.78 is 4.72. The number of nitrogens with zero attached hydrogens (tertiary/aromatic N) is 2. The lowest BCUT2D eigenvalue weighted by Crippen LogP contribution is -2.51. The molecular formula is C18H26N2O3. The van der Waals surface area contributed by atoms with Crippen LogP contribution in [0.15, 0.2) is 18.2 Å². The maximum atomic E-state index is 12.5. The fourth-order valence-corrected chi connectivity index (χ4v) is 2.78. The molecule has 0 atom stereocenters. The lowest BCUT2D eigenvalue weighted by atomic mass is 9.96. The number of hydrogen-bond acceptors (Lipinski definition) is 3. The van der Waals surface area contributed by atoms with Gasteiger partial charge in [-0.2, -0.15) is 0 Å². The number of rotatable bonds is 3. The van der Waals surface area contributed by atoms with E-state index in [2.05, 4.69) is 32.0 Å². The van der Waals surface area contributed by atoms with Gasteiger partial charge in [-0.15, -0.1) is 0 Å². The van der Waals surface area contributed by atoms with E-state index in [1.165, 1.54) is 12.7 Å². The first-order valence-electron chi connectivity index (χ1n) is 8.12. The normalized spacial score (nSPS) is 15.0. The number of amides is 2. The van der Waals surface area contributed by atoms with E-state index in [0.717, 1.165) is 11.1 Å². The zero-order valence-corrected chi connectivity index (χ0v) is 14.5. The number of ether oxygens (including phenoxy) is 1. The van der Waals surface area contributed by atoms with Gasteiger partial charge in [-0.05, 0) is 29.5 Å². The number of piperazine rings is 1. The number of carbonyl (C=O) groups is 2. The molecule has 2 rings (SSSR count). The summed E-state index contributed by atoms with van der Waals surface area (Å²) >= 11 is 0. The summed E-state index contributed by atoms with van der Waals surface area (Å²) in [6.45, 7) is 8.55. The lowest BCUT2D eigenvalue weighted by Gasteiger charge is -2.34. The van der Waals surface area contributed by atoms with Crippen molar-refractivity contribution in [3.63, 3.8) is 0 Å². The topological polar surface area (TPSA) is 49.9 Å². The van der Waals surface area contributed by atoms with Crippen molar-refractivity contribution in [2.75, 3.05) is 33.3 Å². The van der Waals surface area contributed by atoms with Crippen molar-refractivity contribution < 1.29 is 14.3 Å². The average Bonchev–Trinajstić information content (AvgIpc) is 2.56. The first-order chi connectivity index (χ1) is 10.9. The minimum Gasteiger partial charge on any atom is -0.453 e. The molecule has 1 heterocycles. The Hall–Kier alpha value is -2.04. The molecule has 0 radical (unpaired) electrons. The van der Waals surface area contributed by atoms with Crippen LogP contribution in [-0.4, -0.2) is 55.1 Å². The molecule has 5 heteroatoms. The molecule has 0 aliphatic carbocycles. The van der Waals surface area contributed by atoms with Gasteiger partial charge in [0.05, 0.1) is 13.5 Å². The van der Waals surface area contributed by atoms with Crippen LogP contribution in [0.1, 0.15) is 36.5 Å². The highest BCUT2D eigenvalue weighted by Crippen LogP contribution is 2.19. The van der Waals surface area contributed by atoms with Gasteiger partial charge in [-0.1, -0.05) is 32.0 Å². The first-order valence-corrected chi connectivity index (χ1v) is 8.12. The molecule has 5 nitrogen and oxygen atoms in total. The van der Waals surface area contributed by atoms with Crippen molar-refractivity contribution in [3.8, 4) is 0 Å². The van der Waals surface area contributed by atoms with Crippen LogP contribution in [0, 0.1) is 6.92 Å². The summed E-state index contributed by atoms with van der Waals surface area (Å²) in [4.78, 5) is 27.5. The summed E-state index contributed by atoms with van der Waals surface area (Å²) in [5.41, 5.74) is 3.50. The second-order valence-electron chi connectivity index (χ2n) is 6.36. The minimum atomic E-state index is -0.322. The van der Waals surface area contributed by atoms with Gasteiger partial charge in [-0.3, -0.25) is 4.79 Å². The van der Waals surface area contributed by atoms with Crippen molar-refractivity contribution in [1.29, 1.82) is 0 Å². The molecule has 0 aromatic heterocycles. The second kappa shape index (κ2) is 7.49. The van der Waals surface area contributed by atoms with E-state index in [-0.39, 0.29) is 12.0 Å². The highest BCUT2D eigenvalue weighted by atomic mass is 16.5. The molecule has 1 aliphatic rings. The molecule has 1 fully saturated rings. The largest absolute Gasteiger partial charge is 0.453 e. The Labute approximate surface area is 138 Å². The molecule has 2 amide bonds. The first kappa shape index (κ1) is 17.3. The zero-order valence-electron chi connectivity index (χ0n) is 14.5. The number of methoxy groups -OCH3 is 1. The van der Waals surface area contributed by atoms with Gasteiger partial charge in [-0.25, -0.2) is 4.79 Å². The summed E-state index contributed by atoms with van der Waals surface area (Å²) in [5, 5.41) is 0. The molecule has 126 valence electrons. The van der Waals surface area contributed by atoms with Gasteiger partial charge in [0, 0.05) is 26.2 Å². The maximum Gasteiger partial charge on any atom is 0.409 e. The molecule has 0 bridgehead atoms. The van der Waals surface area contributed by atoms with Crippen LogP contribution in [0.25, 0.3) is 0 Å². The standard InChI is InChI=1S/C18H26N2O3/c1-13(2)15-6-5-14(3)16(11-15)12-17(21)19-7-9-20(10-8-19)18(22)23-4/h5-6,11,13H,7-10,12H2,1-4H3. The Morgan fingerprint density at radius 3 is 2.30 bits per heavy atom. The van der Waals surface area contributed by atoms with Crippen molar-refractivity contribution in [1.82, 2.24) is 9.80 Å². The Bertz CT molecular complexity index is 576. The smallest absolute Gasteiger partial charge is 0.409 e. The Balaban J connectivity index is 1.98. The average molecular weight is 318 g/mol. The van der Waals surface area contributed by atoms with Crippen molar-refractivity contribution in [3.05, 3.63) is 34.9 Å². The lowest BCUT2D eigenvalue weighted by molar-refractivity contribution is -0.132. The summed E-state index contributed by atoms with van der Waals surface area (Å²) in [5.74, 6) is 0.576. The Morgan fingerprint density at radius 2 is 1.74 bits per heavy atom. The fraction of sp³-hybridized carbons (Fsp3) is 0.556. The van der Waals surface area contributed by atoms with E-state index in [9.17, 15) is 9.59 Å². The third-order valence-electron chi connectivity index (χ3n) is 4.45. The summed E-state index contributed by atoms with van der Waals surface area (Å²) in [6.07, 6.45) is 0.0996. The van der Waals surface area contributed by atoms with Crippen LogP contribution in [-0.2, 0) is 16.0 Å². The molecule has 1 aliphatic heterocycles. The van der Waals surface area contributed by atoms with E-state index in [4.69, 9.17) is 4.74 Å². The molecule has 23 heavy (non-hydrogen) atoms. The molecule has 1 saturated heterocycles. The fourth-order valence-electron chi connectivity index (χ4n) is 2.78. The molecule has 0 N–H and O–H groups in total. The number of aryl methyl sites for hydroxylation is 1. The van der Waals surface area contributed by atoms with Crippen molar-refractivity contribution >= 4 is 12.0 Å². The molecule has 0 unspecified atom stereocenters.